The topological polar surface area (TPSA) is 105 Å². The summed E-state index contributed by atoms with van der Waals surface area (Å²) >= 11 is 2.52. The smallest absolute Gasteiger partial charge is 0.266 e. The van der Waals surface area contributed by atoms with Gasteiger partial charge in [-0.2, -0.15) is 0 Å². The molecule has 0 radical (unpaired) electrons. The van der Waals surface area contributed by atoms with Crippen LogP contribution in [-0.4, -0.2) is 41.6 Å². The number of aromatic nitrogens is 3. The molecule has 3 aromatic rings. The Morgan fingerprint density at radius 3 is 2.42 bits per heavy atom. The number of sulfonamides is 1. The third-order valence-corrected chi connectivity index (χ3v) is 7.64. The van der Waals surface area contributed by atoms with Gasteiger partial charge in [-0.15, -0.1) is 11.3 Å². The van der Waals surface area contributed by atoms with Crippen molar-refractivity contribution in [3.05, 3.63) is 53.3 Å². The number of hydrogen-bond donors (Lipinski definition) is 1. The fourth-order valence-corrected chi connectivity index (χ4v) is 5.94. The second-order valence-corrected chi connectivity index (χ2v) is 10.4. The van der Waals surface area contributed by atoms with Crippen LogP contribution in [0.3, 0.4) is 0 Å². The molecule has 0 aliphatic rings. The molecule has 2 heterocycles. The predicted octanol–water partition coefficient (Wildman–Crippen LogP) is 3.89. The molecule has 0 atom stereocenters. The summed E-state index contributed by atoms with van der Waals surface area (Å²) < 4.78 is 27.4. The molecular formula is C20H23N5O3S3. The number of thiazole rings is 1. The van der Waals surface area contributed by atoms with Crippen LogP contribution in [0.25, 0.3) is 0 Å². The average Bonchev–Trinajstić information content (AvgIpc) is 3.24. The van der Waals surface area contributed by atoms with Gasteiger partial charge in [0.05, 0.1) is 10.6 Å². The van der Waals surface area contributed by atoms with Gasteiger partial charge in [0, 0.05) is 35.2 Å². The van der Waals surface area contributed by atoms with Crippen LogP contribution >= 0.6 is 23.1 Å². The van der Waals surface area contributed by atoms with E-state index in [4.69, 9.17) is 0 Å². The number of thioether (sulfide) groups is 1. The summed E-state index contributed by atoms with van der Waals surface area (Å²) in [7, 11) is -3.74. The lowest BCUT2D eigenvalue weighted by Crippen LogP contribution is -2.31. The van der Waals surface area contributed by atoms with E-state index in [-0.39, 0.29) is 16.6 Å². The second-order valence-electron chi connectivity index (χ2n) is 6.69. The zero-order valence-electron chi connectivity index (χ0n) is 17.4. The van der Waals surface area contributed by atoms with Crippen molar-refractivity contribution in [2.24, 2.45) is 0 Å². The molecule has 0 aliphatic carbocycles. The van der Waals surface area contributed by atoms with E-state index in [1.807, 2.05) is 26.8 Å². The van der Waals surface area contributed by atoms with Crippen LogP contribution in [0.1, 0.15) is 24.7 Å². The van der Waals surface area contributed by atoms with E-state index in [0.29, 0.717) is 28.9 Å². The van der Waals surface area contributed by atoms with Crippen LogP contribution in [0.15, 0.2) is 52.0 Å². The van der Waals surface area contributed by atoms with Gasteiger partial charge in [0.25, 0.3) is 10.0 Å². The maximum atomic E-state index is 13.1. The molecule has 31 heavy (non-hydrogen) atoms. The van der Waals surface area contributed by atoms with E-state index >= 15 is 0 Å². The number of amides is 1. The summed E-state index contributed by atoms with van der Waals surface area (Å²) in [5.41, 5.74) is 2.21. The van der Waals surface area contributed by atoms with E-state index < -0.39 is 10.0 Å². The van der Waals surface area contributed by atoms with E-state index in [0.717, 1.165) is 11.4 Å². The van der Waals surface area contributed by atoms with Crippen LogP contribution in [0.5, 0.6) is 0 Å². The fourth-order valence-electron chi connectivity index (χ4n) is 2.78. The van der Waals surface area contributed by atoms with Crippen molar-refractivity contribution in [2.75, 3.05) is 21.9 Å². The molecule has 3 rings (SSSR count). The van der Waals surface area contributed by atoms with Gasteiger partial charge in [-0.3, -0.25) is 4.79 Å². The Balaban J connectivity index is 1.65. The molecule has 2 aromatic heterocycles. The normalized spacial score (nSPS) is 11.3. The molecule has 0 spiro atoms. The summed E-state index contributed by atoms with van der Waals surface area (Å²) in [6, 6.07) is 8.00. The summed E-state index contributed by atoms with van der Waals surface area (Å²) in [6.45, 7) is 6.01. The standard InChI is InChI=1S/C20H23N5O3S3/c1-4-10-25(20-21-9-11-29-20)31(27,28)17-7-5-16(6-8-17)24-18(26)13-30-19-22-14(2)12-15(3)23-19/h5-9,11-12H,4,10,13H2,1-3H3,(H,24,26). The first-order valence-electron chi connectivity index (χ1n) is 9.57. The Kier molecular flexibility index (Phi) is 7.63. The van der Waals surface area contributed by atoms with E-state index in [1.165, 1.54) is 39.5 Å². The largest absolute Gasteiger partial charge is 0.325 e. The summed E-state index contributed by atoms with van der Waals surface area (Å²) in [5, 5.41) is 5.49. The number of hydrogen-bond acceptors (Lipinski definition) is 8. The lowest BCUT2D eigenvalue weighted by molar-refractivity contribution is -0.113. The summed E-state index contributed by atoms with van der Waals surface area (Å²) in [6.07, 6.45) is 2.24. The molecule has 1 aromatic carbocycles. The van der Waals surface area contributed by atoms with Crippen molar-refractivity contribution in [2.45, 2.75) is 37.2 Å². The Labute approximate surface area is 190 Å². The predicted molar refractivity (Wildman–Crippen MR) is 124 cm³/mol. The highest BCUT2D eigenvalue weighted by molar-refractivity contribution is 7.99. The molecule has 0 saturated carbocycles. The lowest BCUT2D eigenvalue weighted by atomic mass is 10.3. The van der Waals surface area contributed by atoms with Gasteiger partial charge in [0.2, 0.25) is 5.91 Å². The number of nitrogens with zero attached hydrogens (tertiary/aromatic N) is 4. The zero-order chi connectivity index (χ0) is 22.4. The first kappa shape index (κ1) is 23.2. The number of rotatable bonds is 9. The second kappa shape index (κ2) is 10.2. The minimum Gasteiger partial charge on any atom is -0.325 e. The van der Waals surface area contributed by atoms with E-state index in [1.54, 1.807) is 23.7 Å². The Morgan fingerprint density at radius 1 is 1.16 bits per heavy atom. The van der Waals surface area contributed by atoms with Crippen molar-refractivity contribution in [3.63, 3.8) is 0 Å². The van der Waals surface area contributed by atoms with Crippen LogP contribution < -0.4 is 9.62 Å². The van der Waals surface area contributed by atoms with Crippen molar-refractivity contribution >= 4 is 49.8 Å². The van der Waals surface area contributed by atoms with Crippen molar-refractivity contribution in [1.29, 1.82) is 0 Å². The maximum absolute atomic E-state index is 13.1. The first-order valence-corrected chi connectivity index (χ1v) is 12.9. The van der Waals surface area contributed by atoms with Gasteiger partial charge in [-0.25, -0.2) is 27.7 Å². The monoisotopic (exact) mass is 477 g/mol. The van der Waals surface area contributed by atoms with Gasteiger partial charge in [0.1, 0.15) is 0 Å². The number of nitrogens with one attached hydrogen (secondary N) is 1. The number of benzene rings is 1. The highest BCUT2D eigenvalue weighted by atomic mass is 32.2. The van der Waals surface area contributed by atoms with Gasteiger partial charge in [-0.05, 0) is 50.6 Å². The third-order valence-electron chi connectivity index (χ3n) is 4.08. The minimum absolute atomic E-state index is 0.146. The highest BCUT2D eigenvalue weighted by Gasteiger charge is 2.26. The average molecular weight is 478 g/mol. The van der Waals surface area contributed by atoms with Gasteiger partial charge < -0.3 is 5.32 Å². The molecule has 1 N–H and O–H groups in total. The first-order chi connectivity index (χ1) is 14.8. The third kappa shape index (κ3) is 6.02. The SMILES string of the molecule is CCCN(c1nccs1)S(=O)(=O)c1ccc(NC(=O)CSc2nc(C)cc(C)n2)cc1. The van der Waals surface area contributed by atoms with Gasteiger partial charge in [-0.1, -0.05) is 18.7 Å². The molecular weight excluding hydrogens is 454 g/mol. The number of aryl methyl sites for hydroxylation is 2. The van der Waals surface area contributed by atoms with Crippen molar-refractivity contribution in [1.82, 2.24) is 15.0 Å². The maximum Gasteiger partial charge on any atom is 0.266 e. The molecule has 8 nitrogen and oxygen atoms in total. The zero-order valence-corrected chi connectivity index (χ0v) is 19.9. The Hall–Kier alpha value is -2.50. The summed E-state index contributed by atoms with van der Waals surface area (Å²) in [4.78, 5) is 25.1. The highest BCUT2D eigenvalue weighted by Crippen LogP contribution is 2.26. The van der Waals surface area contributed by atoms with Crippen molar-refractivity contribution < 1.29 is 13.2 Å². The van der Waals surface area contributed by atoms with E-state index in [2.05, 4.69) is 20.3 Å². The number of anilines is 2. The van der Waals surface area contributed by atoms with Crippen molar-refractivity contribution in [3.8, 4) is 0 Å². The number of carbonyl (C=O) groups excluding carboxylic acids is 1. The van der Waals surface area contributed by atoms with Crippen LogP contribution in [0.2, 0.25) is 0 Å². The summed E-state index contributed by atoms with van der Waals surface area (Å²) in [5.74, 6) is -0.0733. The van der Waals surface area contributed by atoms with Crippen LogP contribution in [-0.2, 0) is 14.8 Å². The Bertz CT molecular complexity index is 1110. The van der Waals surface area contributed by atoms with Crippen LogP contribution in [0, 0.1) is 13.8 Å². The fraction of sp³-hybridized carbons (Fsp3) is 0.300. The molecule has 11 heteroatoms. The molecule has 0 saturated heterocycles. The molecule has 0 unspecified atom stereocenters. The molecule has 0 fully saturated rings. The van der Waals surface area contributed by atoms with Crippen LogP contribution in [0.4, 0.5) is 10.8 Å². The number of carbonyl (C=O) groups is 1. The quantitative estimate of drug-likeness (QED) is 0.368. The van der Waals surface area contributed by atoms with E-state index in [9.17, 15) is 13.2 Å². The molecule has 0 aliphatic heterocycles. The minimum atomic E-state index is -3.74. The molecule has 0 bridgehead atoms. The Morgan fingerprint density at radius 2 is 1.84 bits per heavy atom. The molecule has 1 amide bonds. The van der Waals surface area contributed by atoms with Gasteiger partial charge >= 0.3 is 0 Å². The van der Waals surface area contributed by atoms with Gasteiger partial charge in [0.15, 0.2) is 10.3 Å². The lowest BCUT2D eigenvalue weighted by Gasteiger charge is -2.21. The molecule has 164 valence electrons.